The highest BCUT2D eigenvalue weighted by atomic mass is 33.2. The highest BCUT2D eigenvalue weighted by Gasteiger charge is 3.16. The third-order valence-corrected chi connectivity index (χ3v) is 65.9. The Morgan fingerprint density at radius 3 is 0.926 bits per heavy atom. The van der Waals surface area contributed by atoms with Crippen molar-refractivity contribution in [2.24, 2.45) is 21.7 Å². The Bertz CT molecular complexity index is 723. The lowest BCUT2D eigenvalue weighted by Gasteiger charge is -2.90. The van der Waals surface area contributed by atoms with Crippen LogP contribution in [-0.2, 0) is 0 Å². The quantitative estimate of drug-likeness (QED) is 0.302. The normalized spacial score (nSPS) is 61.8. The van der Waals surface area contributed by atoms with Gasteiger partial charge in [-0.15, -0.1) is 0 Å². The first kappa shape index (κ1) is 20.5. The summed E-state index contributed by atoms with van der Waals surface area (Å²) in [5.41, 5.74) is 2.26. The smallest absolute Gasteiger partial charge is 0.0568 e. The van der Waals surface area contributed by atoms with E-state index in [0.29, 0.717) is 21.7 Å². The van der Waals surface area contributed by atoms with E-state index in [1.807, 2.05) is 0 Å². The van der Waals surface area contributed by atoms with Crippen molar-refractivity contribution in [3.8, 4) is 0 Å². The molecule has 0 aromatic carbocycles. The van der Waals surface area contributed by atoms with Crippen LogP contribution in [0.5, 0.6) is 0 Å². The molecule has 152 valence electrons. The first-order chi connectivity index (χ1) is 11.9. The topological polar surface area (TPSA) is 0 Å². The van der Waals surface area contributed by atoms with Crippen LogP contribution in [0.1, 0.15) is 83.1 Å². The van der Waals surface area contributed by atoms with E-state index in [-0.39, 0.29) is 44.7 Å². The molecule has 6 atom stereocenters. The van der Waals surface area contributed by atoms with E-state index in [9.17, 15) is 0 Å². The van der Waals surface area contributed by atoms with Gasteiger partial charge in [0.05, 0.1) is 9.28 Å². The summed E-state index contributed by atoms with van der Waals surface area (Å²) in [6.45, 7) is 32.8. The minimum atomic E-state index is 0.220. The summed E-state index contributed by atoms with van der Waals surface area (Å²) in [4.78, 5) is 0. The summed E-state index contributed by atoms with van der Waals surface area (Å²) in [6.07, 6.45) is 0. The number of hydrogen-bond donors (Lipinski definition) is 0. The molecule has 7 saturated heterocycles. The Morgan fingerprint density at radius 1 is 0.444 bits per heavy atom. The third-order valence-electron chi connectivity index (χ3n) is 8.13. The predicted molar refractivity (Wildman–Crippen MR) is 138 cm³/mol. The van der Waals surface area contributed by atoms with E-state index in [4.69, 9.17) is 0 Å². The molecule has 0 aliphatic carbocycles. The zero-order valence-electron chi connectivity index (χ0n) is 19.1. The summed E-state index contributed by atoms with van der Waals surface area (Å²) >= 11 is 2.73. The molecule has 0 spiro atoms. The Morgan fingerprint density at radius 2 is 0.704 bits per heavy atom. The maximum atomic E-state index is 2.73. The molecule has 7 aliphatic rings. The molecule has 7 rings (SSSR count). The second kappa shape index (κ2) is 4.61. The monoisotopic (exact) mass is 494 g/mol. The fraction of sp³-hybridized carbons (Fsp3) is 1.00. The van der Waals surface area contributed by atoms with Gasteiger partial charge in [0.15, 0.2) is 0 Å². The van der Waals surface area contributed by atoms with Crippen molar-refractivity contribution in [3.63, 3.8) is 0 Å². The summed E-state index contributed by atoms with van der Waals surface area (Å²) in [5, 5.41) is 0. The third kappa shape index (κ3) is 1.39. The Labute approximate surface area is 178 Å². The molecule has 7 aliphatic heterocycles. The van der Waals surface area contributed by atoms with Gasteiger partial charge in [0.2, 0.25) is 0 Å². The molecular formula is C20H36P6S. The standard InChI is InChI=1S/C20H36P6S/c1-13(2,3)17-21-18(14(4,5)6)22(17)20(16(10,11)12)24(18)26-19(21,15(7,8)9)23(17)25(20)27-26/h1-12H3. The average Bonchev–Trinajstić information content (AvgIpc) is 2.68. The van der Waals surface area contributed by atoms with Gasteiger partial charge in [-0.1, -0.05) is 110 Å². The van der Waals surface area contributed by atoms with E-state index < -0.39 is 0 Å². The minimum Gasteiger partial charge on any atom is -0.0947 e. The fourth-order valence-corrected chi connectivity index (χ4v) is 113. The second-order valence-electron chi connectivity index (χ2n) is 13.5. The first-order valence-electron chi connectivity index (χ1n) is 10.4. The van der Waals surface area contributed by atoms with Crippen LogP contribution >= 0.6 is 55.7 Å². The van der Waals surface area contributed by atoms with Gasteiger partial charge in [0.1, 0.15) is 0 Å². The summed E-state index contributed by atoms with van der Waals surface area (Å²) < 4.78 is 3.48. The van der Waals surface area contributed by atoms with Crippen LogP contribution in [-0.4, -0.2) is 18.6 Å². The average molecular weight is 494 g/mol. The molecule has 0 saturated carbocycles. The zero-order chi connectivity index (χ0) is 20.2. The molecule has 7 heterocycles. The van der Waals surface area contributed by atoms with Gasteiger partial charge in [-0.05, 0) is 36.9 Å². The van der Waals surface area contributed by atoms with Crippen LogP contribution in [0.4, 0.5) is 0 Å². The van der Waals surface area contributed by atoms with Gasteiger partial charge in [0.25, 0.3) is 0 Å². The molecule has 7 heteroatoms. The SMILES string of the molecule is CC(C)(C)C12P3SP4P1C1(C(C)(C)C)P2C2(C(C)(C)C)P3C4(C(C)(C)C)P12. The van der Waals surface area contributed by atoms with Gasteiger partial charge >= 0.3 is 0 Å². The van der Waals surface area contributed by atoms with Crippen molar-refractivity contribution in [3.05, 3.63) is 0 Å². The maximum Gasteiger partial charge on any atom is 0.0568 e. The molecule has 0 amide bonds. The lowest BCUT2D eigenvalue weighted by molar-refractivity contribution is 0.323. The summed E-state index contributed by atoms with van der Waals surface area (Å²) in [6, 6.07) is 0. The van der Waals surface area contributed by atoms with Gasteiger partial charge in [-0.25, -0.2) is 0 Å². The van der Waals surface area contributed by atoms with E-state index >= 15 is 0 Å². The molecule has 0 radical (unpaired) electrons. The number of rotatable bonds is 0. The molecule has 0 N–H and O–H groups in total. The summed E-state index contributed by atoms with van der Waals surface area (Å²) in [5.74, 6) is 0. The van der Waals surface area contributed by atoms with E-state index in [1.54, 1.807) is 0 Å². The molecule has 0 aromatic rings. The highest BCUT2D eigenvalue weighted by Crippen LogP contribution is 3.55. The summed E-state index contributed by atoms with van der Waals surface area (Å²) in [7, 11) is 0.997. The first-order valence-corrected chi connectivity index (χ1v) is 21.9. The van der Waals surface area contributed by atoms with Gasteiger partial charge in [-0.3, -0.25) is 0 Å². The molecule has 7 fully saturated rings. The Balaban J connectivity index is 1.72. The lowest BCUT2D eigenvalue weighted by atomic mass is 9.97. The van der Waals surface area contributed by atoms with E-state index in [1.165, 1.54) is 0 Å². The predicted octanol–water partition coefficient (Wildman–Crippen LogP) is 11.2. The molecular weight excluding hydrogens is 458 g/mol. The second-order valence-corrected chi connectivity index (χ2v) is 40.2. The van der Waals surface area contributed by atoms with Gasteiger partial charge in [-0.2, -0.15) is 0 Å². The van der Waals surface area contributed by atoms with Crippen molar-refractivity contribution in [1.29, 1.82) is 0 Å². The van der Waals surface area contributed by atoms with Crippen LogP contribution in [0.2, 0.25) is 0 Å². The van der Waals surface area contributed by atoms with E-state index in [0.717, 1.165) is 18.6 Å². The molecule has 0 nitrogen and oxygen atoms in total. The van der Waals surface area contributed by atoms with Gasteiger partial charge in [0, 0.05) is 22.9 Å². The molecule has 2 bridgehead atoms. The van der Waals surface area contributed by atoms with Crippen LogP contribution in [0.15, 0.2) is 0 Å². The number of hydrogen-bond acceptors (Lipinski definition) is 1. The highest BCUT2D eigenvalue weighted by molar-refractivity contribution is 9.18. The van der Waals surface area contributed by atoms with Crippen molar-refractivity contribution in [2.75, 3.05) is 0 Å². The van der Waals surface area contributed by atoms with Crippen molar-refractivity contribution >= 4 is 55.7 Å². The lowest BCUT2D eigenvalue weighted by Crippen LogP contribution is -2.72. The van der Waals surface area contributed by atoms with Crippen LogP contribution in [0, 0.1) is 21.7 Å². The van der Waals surface area contributed by atoms with Crippen molar-refractivity contribution in [1.82, 2.24) is 0 Å². The van der Waals surface area contributed by atoms with Crippen LogP contribution in [0.3, 0.4) is 0 Å². The molecule has 27 heavy (non-hydrogen) atoms. The van der Waals surface area contributed by atoms with Crippen LogP contribution < -0.4 is 0 Å². The molecule has 0 aromatic heterocycles. The minimum absolute atomic E-state index is 0.220. The van der Waals surface area contributed by atoms with Crippen molar-refractivity contribution < 1.29 is 0 Å². The van der Waals surface area contributed by atoms with Gasteiger partial charge < -0.3 is 0 Å². The van der Waals surface area contributed by atoms with Crippen LogP contribution in [0.25, 0.3) is 0 Å². The fourth-order valence-electron chi connectivity index (χ4n) is 7.61. The Hall–Kier alpha value is 2.93. The van der Waals surface area contributed by atoms with Crippen molar-refractivity contribution in [2.45, 2.75) is 102 Å². The maximum absolute atomic E-state index is 2.73. The largest absolute Gasteiger partial charge is 0.0947 e. The Kier molecular flexibility index (Phi) is 3.51. The molecule has 6 unspecified atom stereocenters. The zero-order valence-corrected chi connectivity index (χ0v) is 25.3. The van der Waals surface area contributed by atoms with E-state index in [2.05, 4.69) is 94.1 Å².